The van der Waals surface area contributed by atoms with Crippen LogP contribution >= 0.6 is 0 Å². The average Bonchev–Trinajstić information content (AvgIpc) is 2.75. The molecule has 2 rings (SSSR count). The Morgan fingerprint density at radius 1 is 1.39 bits per heavy atom. The van der Waals surface area contributed by atoms with Crippen molar-refractivity contribution in [1.82, 2.24) is 0 Å². The lowest BCUT2D eigenvalue weighted by molar-refractivity contribution is -0.136. The van der Waals surface area contributed by atoms with E-state index in [2.05, 4.69) is 0 Å². The molecule has 2 N–H and O–H groups in total. The van der Waals surface area contributed by atoms with Crippen molar-refractivity contribution in [3.8, 4) is 5.75 Å². The fourth-order valence-electron chi connectivity index (χ4n) is 2.33. The molecule has 0 aromatic heterocycles. The van der Waals surface area contributed by atoms with Crippen LogP contribution in [-0.2, 0) is 21.4 Å². The zero-order valence-corrected chi connectivity index (χ0v) is 10.7. The number of benzene rings is 1. The van der Waals surface area contributed by atoms with Crippen LogP contribution in [-0.4, -0.2) is 18.3 Å². The quantitative estimate of drug-likeness (QED) is 0.816. The van der Waals surface area contributed by atoms with Crippen molar-refractivity contribution < 1.29 is 14.3 Å². The van der Waals surface area contributed by atoms with E-state index < -0.39 is 17.1 Å². The highest BCUT2D eigenvalue weighted by atomic mass is 16.5. The van der Waals surface area contributed by atoms with Crippen LogP contribution in [0.1, 0.15) is 31.4 Å². The summed E-state index contributed by atoms with van der Waals surface area (Å²) in [5.74, 6) is -0.563. The summed E-state index contributed by atoms with van der Waals surface area (Å²) in [5.41, 5.74) is 6.68. The molecule has 0 spiro atoms. The standard InChI is InChI=1S/C14H17NO3/c1-14(2,8-11(16)13(15)17)10-5-3-4-9-6-7-18-12(9)10/h3-5H,6-8H2,1-2H3,(H2,15,17). The lowest BCUT2D eigenvalue weighted by atomic mass is 9.79. The molecular formula is C14H17NO3. The number of ketones is 1. The van der Waals surface area contributed by atoms with Crippen molar-refractivity contribution in [3.05, 3.63) is 29.3 Å². The van der Waals surface area contributed by atoms with Gasteiger partial charge in [-0.25, -0.2) is 0 Å². The van der Waals surface area contributed by atoms with Crippen LogP contribution in [0.15, 0.2) is 18.2 Å². The summed E-state index contributed by atoms with van der Waals surface area (Å²) in [5, 5.41) is 0. The third-order valence-corrected chi connectivity index (χ3v) is 3.32. The number of amides is 1. The molecule has 4 heteroatoms. The Labute approximate surface area is 106 Å². The molecule has 1 aliphatic rings. The summed E-state index contributed by atoms with van der Waals surface area (Å²) in [7, 11) is 0. The summed E-state index contributed by atoms with van der Waals surface area (Å²) < 4.78 is 5.63. The first-order chi connectivity index (χ1) is 8.42. The number of para-hydroxylation sites is 1. The van der Waals surface area contributed by atoms with Crippen molar-refractivity contribution in [1.29, 1.82) is 0 Å². The minimum absolute atomic E-state index is 0.0994. The van der Waals surface area contributed by atoms with Gasteiger partial charge in [0.05, 0.1) is 6.61 Å². The number of fused-ring (bicyclic) bond motifs is 1. The molecule has 18 heavy (non-hydrogen) atoms. The number of carbonyl (C=O) groups excluding carboxylic acids is 2. The Balaban J connectivity index is 2.33. The van der Waals surface area contributed by atoms with Crippen LogP contribution in [0.25, 0.3) is 0 Å². The first-order valence-corrected chi connectivity index (χ1v) is 5.99. The first-order valence-electron chi connectivity index (χ1n) is 5.99. The summed E-state index contributed by atoms with van der Waals surface area (Å²) in [6, 6.07) is 5.93. The van der Waals surface area contributed by atoms with E-state index in [1.54, 1.807) is 0 Å². The minimum atomic E-state index is -0.878. The maximum absolute atomic E-state index is 11.5. The Hall–Kier alpha value is -1.84. The molecular weight excluding hydrogens is 230 g/mol. The molecule has 1 heterocycles. The maximum atomic E-state index is 11.5. The third-order valence-electron chi connectivity index (χ3n) is 3.32. The Morgan fingerprint density at radius 2 is 2.11 bits per heavy atom. The molecule has 0 unspecified atom stereocenters. The van der Waals surface area contributed by atoms with Crippen LogP contribution in [0, 0.1) is 0 Å². The van der Waals surface area contributed by atoms with E-state index in [-0.39, 0.29) is 6.42 Å². The fraction of sp³-hybridized carbons (Fsp3) is 0.429. The van der Waals surface area contributed by atoms with Gasteiger partial charge in [0.25, 0.3) is 5.91 Å². The number of hydrogen-bond donors (Lipinski definition) is 1. The zero-order chi connectivity index (χ0) is 13.3. The molecule has 0 bridgehead atoms. The number of nitrogens with two attached hydrogens (primary N) is 1. The lowest BCUT2D eigenvalue weighted by Gasteiger charge is -2.25. The number of ether oxygens (including phenoxy) is 1. The van der Waals surface area contributed by atoms with E-state index in [1.165, 1.54) is 0 Å². The van der Waals surface area contributed by atoms with Gasteiger partial charge in [-0.3, -0.25) is 9.59 Å². The molecule has 0 atom stereocenters. The second-order valence-electron chi connectivity index (χ2n) is 5.24. The van der Waals surface area contributed by atoms with Gasteiger partial charge in [0, 0.05) is 23.8 Å². The van der Waals surface area contributed by atoms with Crippen LogP contribution in [0.4, 0.5) is 0 Å². The molecule has 0 radical (unpaired) electrons. The molecule has 1 amide bonds. The van der Waals surface area contributed by atoms with Crippen LogP contribution in [0.3, 0.4) is 0 Å². The largest absolute Gasteiger partial charge is 0.493 e. The highest BCUT2D eigenvalue weighted by Gasteiger charge is 2.31. The smallest absolute Gasteiger partial charge is 0.284 e. The van der Waals surface area contributed by atoms with Crippen LogP contribution in [0.5, 0.6) is 5.75 Å². The van der Waals surface area contributed by atoms with Crippen molar-refractivity contribution in [2.75, 3.05) is 6.61 Å². The van der Waals surface area contributed by atoms with E-state index >= 15 is 0 Å². The monoisotopic (exact) mass is 247 g/mol. The van der Waals surface area contributed by atoms with Gasteiger partial charge in [-0.2, -0.15) is 0 Å². The van der Waals surface area contributed by atoms with Crippen molar-refractivity contribution in [3.63, 3.8) is 0 Å². The average molecular weight is 247 g/mol. The van der Waals surface area contributed by atoms with Gasteiger partial charge in [-0.15, -0.1) is 0 Å². The van der Waals surface area contributed by atoms with Crippen LogP contribution in [0.2, 0.25) is 0 Å². The van der Waals surface area contributed by atoms with Gasteiger partial charge in [0.2, 0.25) is 5.78 Å². The Kier molecular flexibility index (Phi) is 3.11. The fourth-order valence-corrected chi connectivity index (χ4v) is 2.33. The van der Waals surface area contributed by atoms with Crippen molar-refractivity contribution in [2.24, 2.45) is 5.73 Å². The molecule has 0 fully saturated rings. The van der Waals surface area contributed by atoms with Gasteiger partial charge >= 0.3 is 0 Å². The Morgan fingerprint density at radius 3 is 2.78 bits per heavy atom. The molecule has 0 saturated carbocycles. The third kappa shape index (κ3) is 2.23. The van der Waals surface area contributed by atoms with Gasteiger partial charge in [0.15, 0.2) is 0 Å². The van der Waals surface area contributed by atoms with E-state index in [0.29, 0.717) is 6.61 Å². The molecule has 1 aromatic rings. The molecule has 1 aliphatic heterocycles. The summed E-state index contributed by atoms with van der Waals surface area (Å²) >= 11 is 0. The summed E-state index contributed by atoms with van der Waals surface area (Å²) in [4.78, 5) is 22.4. The number of rotatable bonds is 4. The normalized spacial score (nSPS) is 13.9. The van der Waals surface area contributed by atoms with Gasteiger partial charge in [0.1, 0.15) is 5.75 Å². The lowest BCUT2D eigenvalue weighted by Crippen LogP contribution is -2.30. The second-order valence-corrected chi connectivity index (χ2v) is 5.24. The summed E-state index contributed by atoms with van der Waals surface area (Å²) in [6.45, 7) is 4.52. The van der Waals surface area contributed by atoms with E-state index in [1.807, 2.05) is 32.0 Å². The second kappa shape index (κ2) is 4.44. The maximum Gasteiger partial charge on any atom is 0.284 e. The number of Topliss-reactive ketones (excluding diaryl/α,β-unsaturated/α-hetero) is 1. The van der Waals surface area contributed by atoms with Crippen molar-refractivity contribution in [2.45, 2.75) is 32.1 Å². The molecule has 1 aromatic carbocycles. The summed E-state index contributed by atoms with van der Waals surface area (Å²) in [6.07, 6.45) is 0.991. The number of primary amides is 1. The SMILES string of the molecule is CC(C)(CC(=O)C(N)=O)c1cccc2c1OCC2. The van der Waals surface area contributed by atoms with Gasteiger partial charge in [-0.1, -0.05) is 32.0 Å². The van der Waals surface area contributed by atoms with E-state index in [9.17, 15) is 9.59 Å². The molecule has 96 valence electrons. The van der Waals surface area contributed by atoms with Crippen LogP contribution < -0.4 is 10.5 Å². The predicted octanol–water partition coefficient (Wildman–Crippen LogP) is 1.34. The number of hydrogen-bond acceptors (Lipinski definition) is 3. The topological polar surface area (TPSA) is 69.4 Å². The molecule has 4 nitrogen and oxygen atoms in total. The Bertz CT molecular complexity index is 506. The zero-order valence-electron chi connectivity index (χ0n) is 10.7. The van der Waals surface area contributed by atoms with Crippen molar-refractivity contribution >= 4 is 11.7 Å². The van der Waals surface area contributed by atoms with Gasteiger partial charge in [-0.05, 0) is 5.56 Å². The minimum Gasteiger partial charge on any atom is -0.493 e. The van der Waals surface area contributed by atoms with Gasteiger partial charge < -0.3 is 10.5 Å². The van der Waals surface area contributed by atoms with E-state index in [4.69, 9.17) is 10.5 Å². The highest BCUT2D eigenvalue weighted by molar-refractivity contribution is 6.35. The first kappa shape index (κ1) is 12.6. The number of carbonyl (C=O) groups is 2. The molecule has 0 saturated heterocycles. The highest BCUT2D eigenvalue weighted by Crippen LogP contribution is 2.39. The van der Waals surface area contributed by atoms with E-state index in [0.717, 1.165) is 23.3 Å². The molecule has 0 aliphatic carbocycles. The predicted molar refractivity (Wildman–Crippen MR) is 67.5 cm³/mol.